The van der Waals surface area contributed by atoms with Gasteiger partial charge in [-0.15, -0.1) is 0 Å². The predicted octanol–water partition coefficient (Wildman–Crippen LogP) is 1.05. The monoisotopic (exact) mass is 314 g/mol. The third kappa shape index (κ3) is 3.97. The fraction of sp³-hybridized carbons (Fsp3) is 0.333. The molecule has 0 saturated carbocycles. The molecule has 1 aliphatic heterocycles. The van der Waals surface area contributed by atoms with Gasteiger partial charge in [-0.1, -0.05) is 0 Å². The first-order valence-electron chi connectivity index (χ1n) is 7.08. The topological polar surface area (TPSA) is 128 Å². The molecule has 0 radical (unpaired) electrons. The van der Waals surface area contributed by atoms with Crippen LogP contribution in [0.1, 0.15) is 18.4 Å². The standard InChI is InChI=1S/C15H18N6O2/c1-23-13-5-4-11(19-20-12(8-16)15(17)18)7-10(13)9-21-6-2-3-14(21)22/h4-5,7,19H,2-3,6,9H2,1H3,(H3,17,18)/b20-12+. The Labute approximate surface area is 134 Å². The molecule has 2 rings (SSSR count). The molecular weight excluding hydrogens is 296 g/mol. The Morgan fingerprint density at radius 1 is 1.61 bits per heavy atom. The molecule has 1 aliphatic rings. The largest absolute Gasteiger partial charge is 0.496 e. The lowest BCUT2D eigenvalue weighted by Crippen LogP contribution is -2.24. The summed E-state index contributed by atoms with van der Waals surface area (Å²) in [5.74, 6) is 0.398. The number of amidine groups is 1. The summed E-state index contributed by atoms with van der Waals surface area (Å²) in [6, 6.07) is 7.01. The highest BCUT2D eigenvalue weighted by molar-refractivity contribution is 6.45. The molecule has 0 aliphatic carbocycles. The molecule has 8 nitrogen and oxygen atoms in total. The number of rotatable bonds is 6. The Morgan fingerprint density at radius 2 is 2.39 bits per heavy atom. The van der Waals surface area contributed by atoms with Crippen LogP contribution in [0.5, 0.6) is 5.75 Å². The summed E-state index contributed by atoms with van der Waals surface area (Å²) in [4.78, 5) is 13.5. The Morgan fingerprint density at radius 3 is 2.96 bits per heavy atom. The van der Waals surface area contributed by atoms with Crippen LogP contribution in [0.3, 0.4) is 0 Å². The zero-order valence-electron chi connectivity index (χ0n) is 12.8. The first kappa shape index (κ1) is 16.3. The minimum absolute atomic E-state index is 0.131. The van der Waals surface area contributed by atoms with Crippen molar-refractivity contribution in [3.63, 3.8) is 0 Å². The van der Waals surface area contributed by atoms with Crippen LogP contribution in [0.15, 0.2) is 23.3 Å². The van der Waals surface area contributed by atoms with Gasteiger partial charge < -0.3 is 15.4 Å². The Hall–Kier alpha value is -3.08. The second-order valence-corrected chi connectivity index (χ2v) is 5.04. The quantitative estimate of drug-likeness (QED) is 0.411. The molecule has 1 amide bonds. The molecule has 0 atom stereocenters. The van der Waals surface area contributed by atoms with Gasteiger partial charge in [0.1, 0.15) is 11.8 Å². The highest BCUT2D eigenvalue weighted by Gasteiger charge is 2.21. The maximum absolute atomic E-state index is 11.8. The summed E-state index contributed by atoms with van der Waals surface area (Å²) in [5.41, 5.74) is 9.18. The van der Waals surface area contributed by atoms with E-state index in [0.717, 1.165) is 18.5 Å². The number of methoxy groups -OCH3 is 1. The molecule has 1 saturated heterocycles. The number of carbonyl (C=O) groups is 1. The maximum Gasteiger partial charge on any atom is 0.222 e. The molecule has 0 bridgehead atoms. The molecule has 1 fully saturated rings. The van der Waals surface area contributed by atoms with E-state index in [1.165, 1.54) is 0 Å². The van der Waals surface area contributed by atoms with Crippen LogP contribution >= 0.6 is 0 Å². The van der Waals surface area contributed by atoms with E-state index in [-0.39, 0.29) is 11.6 Å². The van der Waals surface area contributed by atoms with E-state index in [9.17, 15) is 4.79 Å². The summed E-state index contributed by atoms with van der Waals surface area (Å²) in [6.07, 6.45) is 1.45. The van der Waals surface area contributed by atoms with Crippen molar-refractivity contribution in [2.24, 2.45) is 10.8 Å². The normalized spacial score (nSPS) is 14.5. The van der Waals surface area contributed by atoms with Gasteiger partial charge in [0.2, 0.25) is 11.6 Å². The summed E-state index contributed by atoms with van der Waals surface area (Å²) in [7, 11) is 1.57. The number of hydrogen-bond donors (Lipinski definition) is 3. The van der Waals surface area contributed by atoms with E-state index >= 15 is 0 Å². The van der Waals surface area contributed by atoms with E-state index < -0.39 is 5.84 Å². The van der Waals surface area contributed by atoms with Crippen molar-refractivity contribution in [3.8, 4) is 11.8 Å². The van der Waals surface area contributed by atoms with Crippen LogP contribution in [0, 0.1) is 16.7 Å². The fourth-order valence-corrected chi connectivity index (χ4v) is 2.31. The van der Waals surface area contributed by atoms with Crippen molar-refractivity contribution < 1.29 is 9.53 Å². The second kappa shape index (κ2) is 7.26. The average Bonchev–Trinajstić information content (AvgIpc) is 2.93. The van der Waals surface area contributed by atoms with Gasteiger partial charge in [0.15, 0.2) is 5.84 Å². The first-order valence-corrected chi connectivity index (χ1v) is 7.08. The second-order valence-electron chi connectivity index (χ2n) is 5.04. The highest BCUT2D eigenvalue weighted by Crippen LogP contribution is 2.25. The van der Waals surface area contributed by atoms with Crippen molar-refractivity contribution in [2.75, 3.05) is 19.1 Å². The number of benzene rings is 1. The van der Waals surface area contributed by atoms with Gasteiger partial charge in [0, 0.05) is 25.1 Å². The number of ether oxygens (including phenoxy) is 1. The number of carbonyl (C=O) groups excluding carboxylic acids is 1. The molecule has 4 N–H and O–H groups in total. The molecule has 0 spiro atoms. The number of anilines is 1. The molecule has 23 heavy (non-hydrogen) atoms. The van der Waals surface area contributed by atoms with Crippen LogP contribution in [-0.4, -0.2) is 36.0 Å². The van der Waals surface area contributed by atoms with Crippen molar-refractivity contribution in [1.82, 2.24) is 4.90 Å². The summed E-state index contributed by atoms with van der Waals surface area (Å²) in [5, 5.41) is 19.8. The van der Waals surface area contributed by atoms with Crippen LogP contribution in [0.25, 0.3) is 0 Å². The minimum Gasteiger partial charge on any atom is -0.496 e. The van der Waals surface area contributed by atoms with Crippen molar-refractivity contribution in [3.05, 3.63) is 23.8 Å². The van der Waals surface area contributed by atoms with E-state index in [0.29, 0.717) is 24.4 Å². The molecular formula is C15H18N6O2. The molecule has 1 aromatic carbocycles. The summed E-state index contributed by atoms with van der Waals surface area (Å²) >= 11 is 0. The molecule has 1 heterocycles. The van der Waals surface area contributed by atoms with Crippen LogP contribution < -0.4 is 15.9 Å². The number of nitriles is 1. The number of hydrazone groups is 1. The molecule has 0 unspecified atom stereocenters. The summed E-state index contributed by atoms with van der Waals surface area (Å²) < 4.78 is 5.32. The molecule has 0 aromatic heterocycles. The zero-order valence-corrected chi connectivity index (χ0v) is 12.8. The van der Waals surface area contributed by atoms with Gasteiger partial charge in [0.05, 0.1) is 12.8 Å². The van der Waals surface area contributed by atoms with Gasteiger partial charge in [-0.3, -0.25) is 15.6 Å². The number of amides is 1. The highest BCUT2D eigenvalue weighted by atomic mass is 16.5. The van der Waals surface area contributed by atoms with E-state index in [2.05, 4.69) is 10.5 Å². The van der Waals surface area contributed by atoms with E-state index in [4.69, 9.17) is 21.1 Å². The third-order valence-corrected chi connectivity index (χ3v) is 3.47. The van der Waals surface area contributed by atoms with Crippen molar-refractivity contribution >= 4 is 23.1 Å². The van der Waals surface area contributed by atoms with Gasteiger partial charge in [-0.2, -0.15) is 10.4 Å². The Balaban J connectivity index is 2.20. The molecule has 8 heteroatoms. The smallest absolute Gasteiger partial charge is 0.222 e. The lowest BCUT2D eigenvalue weighted by Gasteiger charge is -2.18. The Bertz CT molecular complexity index is 692. The fourth-order valence-electron chi connectivity index (χ4n) is 2.31. The van der Waals surface area contributed by atoms with Gasteiger partial charge >= 0.3 is 0 Å². The summed E-state index contributed by atoms with van der Waals surface area (Å²) in [6.45, 7) is 1.19. The van der Waals surface area contributed by atoms with E-state index in [1.54, 1.807) is 36.3 Å². The van der Waals surface area contributed by atoms with Crippen molar-refractivity contribution in [1.29, 1.82) is 10.7 Å². The van der Waals surface area contributed by atoms with Crippen molar-refractivity contribution in [2.45, 2.75) is 19.4 Å². The molecule has 120 valence electrons. The predicted molar refractivity (Wildman–Crippen MR) is 86.2 cm³/mol. The maximum atomic E-state index is 11.8. The number of likely N-dealkylation sites (tertiary alicyclic amines) is 1. The minimum atomic E-state index is -0.406. The zero-order chi connectivity index (χ0) is 16.8. The van der Waals surface area contributed by atoms with Crippen LogP contribution in [0.2, 0.25) is 0 Å². The SMILES string of the molecule is COc1ccc(N/N=C(\C#N)C(=N)N)cc1CN1CCCC1=O. The van der Waals surface area contributed by atoms with Gasteiger partial charge in [0.25, 0.3) is 0 Å². The number of nitrogens with two attached hydrogens (primary N) is 1. The van der Waals surface area contributed by atoms with Gasteiger partial charge in [-0.25, -0.2) is 0 Å². The molecule has 1 aromatic rings. The number of hydrogen-bond acceptors (Lipinski definition) is 6. The first-order chi connectivity index (χ1) is 11.0. The van der Waals surface area contributed by atoms with Crippen LogP contribution in [0.4, 0.5) is 5.69 Å². The Kier molecular flexibility index (Phi) is 5.15. The third-order valence-electron chi connectivity index (χ3n) is 3.47. The lowest BCUT2D eigenvalue weighted by molar-refractivity contribution is -0.128. The van der Waals surface area contributed by atoms with E-state index in [1.807, 2.05) is 0 Å². The van der Waals surface area contributed by atoms with Gasteiger partial charge in [-0.05, 0) is 24.6 Å². The number of nitrogens with zero attached hydrogens (tertiary/aromatic N) is 3. The lowest BCUT2D eigenvalue weighted by atomic mass is 10.1. The number of nitrogens with one attached hydrogen (secondary N) is 2. The average molecular weight is 314 g/mol. The van der Waals surface area contributed by atoms with Crippen LogP contribution in [-0.2, 0) is 11.3 Å².